The van der Waals surface area contributed by atoms with Crippen molar-refractivity contribution in [2.45, 2.75) is 26.7 Å². The molecule has 0 aliphatic heterocycles. The number of urea groups is 1. The lowest BCUT2D eigenvalue weighted by Crippen LogP contribution is -2.40. The molecule has 94 valence electrons. The molecule has 0 fully saturated rings. The van der Waals surface area contributed by atoms with Crippen LogP contribution in [-0.4, -0.2) is 19.1 Å². The number of rotatable bonds is 5. The van der Waals surface area contributed by atoms with Crippen LogP contribution < -0.4 is 16.0 Å². The quantitative estimate of drug-likeness (QED) is 0.771. The first-order chi connectivity index (χ1) is 8.19. The van der Waals surface area contributed by atoms with Gasteiger partial charge in [0, 0.05) is 24.5 Å². The Bertz CT molecular complexity index is 365. The van der Waals surface area contributed by atoms with E-state index in [1.54, 1.807) is 4.90 Å². The number of carbonyl (C=O) groups excluding carboxylic acids is 1. The van der Waals surface area contributed by atoms with Crippen molar-refractivity contribution in [3.05, 3.63) is 24.3 Å². The molecule has 0 saturated carbocycles. The standard InChI is InChI=1S/C13H21N3O/c1-3-8-15-13(17)16(9-4-2)12-7-5-6-11(14)10-12/h5-7,10H,3-4,8-9,14H2,1-2H3,(H,15,17). The maximum Gasteiger partial charge on any atom is 0.321 e. The van der Waals surface area contributed by atoms with Gasteiger partial charge in [0.1, 0.15) is 0 Å². The van der Waals surface area contributed by atoms with Crippen LogP contribution in [0.4, 0.5) is 16.2 Å². The number of nitrogens with one attached hydrogen (secondary N) is 1. The Kier molecular flexibility index (Phi) is 5.33. The zero-order valence-corrected chi connectivity index (χ0v) is 10.6. The zero-order valence-electron chi connectivity index (χ0n) is 10.6. The minimum absolute atomic E-state index is 0.0562. The van der Waals surface area contributed by atoms with E-state index in [1.165, 1.54) is 0 Å². The molecule has 17 heavy (non-hydrogen) atoms. The van der Waals surface area contributed by atoms with Crippen LogP contribution in [0.3, 0.4) is 0 Å². The minimum Gasteiger partial charge on any atom is -0.399 e. The van der Waals surface area contributed by atoms with E-state index in [0.717, 1.165) is 18.5 Å². The molecule has 0 atom stereocenters. The Morgan fingerprint density at radius 2 is 2.12 bits per heavy atom. The topological polar surface area (TPSA) is 58.4 Å². The average Bonchev–Trinajstić information content (AvgIpc) is 2.33. The van der Waals surface area contributed by atoms with Crippen molar-refractivity contribution in [3.8, 4) is 0 Å². The normalized spacial score (nSPS) is 10.0. The largest absolute Gasteiger partial charge is 0.399 e. The van der Waals surface area contributed by atoms with Gasteiger partial charge in [0.15, 0.2) is 0 Å². The Balaban J connectivity index is 2.81. The first kappa shape index (κ1) is 13.4. The van der Waals surface area contributed by atoms with E-state index in [0.29, 0.717) is 18.8 Å². The fraction of sp³-hybridized carbons (Fsp3) is 0.462. The van der Waals surface area contributed by atoms with E-state index >= 15 is 0 Å². The molecule has 3 N–H and O–H groups in total. The van der Waals surface area contributed by atoms with Crippen LogP contribution in [-0.2, 0) is 0 Å². The van der Waals surface area contributed by atoms with Crippen LogP contribution in [0.25, 0.3) is 0 Å². The number of hydrogen-bond acceptors (Lipinski definition) is 2. The van der Waals surface area contributed by atoms with Crippen molar-refractivity contribution in [2.75, 3.05) is 23.7 Å². The monoisotopic (exact) mass is 235 g/mol. The van der Waals surface area contributed by atoms with Crippen LogP contribution in [0.1, 0.15) is 26.7 Å². The van der Waals surface area contributed by atoms with Crippen molar-refractivity contribution < 1.29 is 4.79 Å². The summed E-state index contributed by atoms with van der Waals surface area (Å²) < 4.78 is 0. The summed E-state index contributed by atoms with van der Waals surface area (Å²) in [6, 6.07) is 7.34. The Morgan fingerprint density at radius 3 is 2.71 bits per heavy atom. The zero-order chi connectivity index (χ0) is 12.7. The molecule has 2 amide bonds. The number of nitrogens with two attached hydrogens (primary N) is 1. The molecular formula is C13H21N3O. The second-order valence-electron chi connectivity index (χ2n) is 3.98. The van der Waals surface area contributed by atoms with Gasteiger partial charge in [0.05, 0.1) is 0 Å². The fourth-order valence-corrected chi connectivity index (χ4v) is 1.59. The first-order valence-electron chi connectivity index (χ1n) is 6.10. The lowest BCUT2D eigenvalue weighted by molar-refractivity contribution is 0.246. The fourth-order valence-electron chi connectivity index (χ4n) is 1.59. The van der Waals surface area contributed by atoms with Gasteiger partial charge in [0.25, 0.3) is 0 Å². The number of nitrogen functional groups attached to an aromatic ring is 1. The number of amides is 2. The smallest absolute Gasteiger partial charge is 0.321 e. The highest BCUT2D eigenvalue weighted by Crippen LogP contribution is 2.17. The predicted octanol–water partition coefficient (Wildman–Crippen LogP) is 2.60. The molecule has 0 bridgehead atoms. The van der Waals surface area contributed by atoms with Gasteiger partial charge in [-0.25, -0.2) is 4.79 Å². The average molecular weight is 235 g/mol. The second kappa shape index (κ2) is 6.78. The molecule has 0 aliphatic carbocycles. The van der Waals surface area contributed by atoms with Crippen molar-refractivity contribution >= 4 is 17.4 Å². The number of anilines is 2. The molecule has 4 nitrogen and oxygen atoms in total. The lowest BCUT2D eigenvalue weighted by atomic mass is 10.2. The van der Waals surface area contributed by atoms with Crippen molar-refractivity contribution in [2.24, 2.45) is 0 Å². The number of carbonyl (C=O) groups is 1. The van der Waals surface area contributed by atoms with E-state index in [1.807, 2.05) is 38.1 Å². The number of hydrogen-bond donors (Lipinski definition) is 2. The summed E-state index contributed by atoms with van der Waals surface area (Å²) in [5.74, 6) is 0. The third-order valence-corrected chi connectivity index (χ3v) is 2.40. The van der Waals surface area contributed by atoms with Gasteiger partial charge in [-0.2, -0.15) is 0 Å². The Morgan fingerprint density at radius 1 is 1.35 bits per heavy atom. The van der Waals surface area contributed by atoms with E-state index in [9.17, 15) is 4.79 Å². The van der Waals surface area contributed by atoms with Gasteiger partial charge in [-0.15, -0.1) is 0 Å². The van der Waals surface area contributed by atoms with Gasteiger partial charge < -0.3 is 11.1 Å². The third-order valence-electron chi connectivity index (χ3n) is 2.40. The molecule has 0 aliphatic rings. The summed E-state index contributed by atoms with van der Waals surface area (Å²) in [4.78, 5) is 13.7. The molecule has 4 heteroatoms. The molecule has 1 aromatic rings. The lowest BCUT2D eigenvalue weighted by Gasteiger charge is -2.22. The van der Waals surface area contributed by atoms with Gasteiger partial charge in [-0.3, -0.25) is 4.90 Å². The first-order valence-corrected chi connectivity index (χ1v) is 6.10. The number of nitrogens with zero attached hydrogens (tertiary/aromatic N) is 1. The highest BCUT2D eigenvalue weighted by molar-refractivity contribution is 5.92. The second-order valence-corrected chi connectivity index (χ2v) is 3.98. The predicted molar refractivity (Wildman–Crippen MR) is 72.2 cm³/mol. The molecule has 1 rings (SSSR count). The minimum atomic E-state index is -0.0562. The summed E-state index contributed by atoms with van der Waals surface area (Å²) in [5, 5.41) is 2.88. The van der Waals surface area contributed by atoms with Crippen LogP contribution in [0.15, 0.2) is 24.3 Å². The third kappa shape index (κ3) is 3.98. The van der Waals surface area contributed by atoms with E-state index in [-0.39, 0.29) is 6.03 Å². The molecular weight excluding hydrogens is 214 g/mol. The van der Waals surface area contributed by atoms with Crippen LogP contribution in [0, 0.1) is 0 Å². The van der Waals surface area contributed by atoms with Crippen LogP contribution >= 0.6 is 0 Å². The summed E-state index contributed by atoms with van der Waals surface area (Å²) in [6.45, 7) is 5.47. The van der Waals surface area contributed by atoms with Crippen LogP contribution in [0.5, 0.6) is 0 Å². The SMILES string of the molecule is CCCNC(=O)N(CCC)c1cccc(N)c1. The molecule has 0 radical (unpaired) electrons. The summed E-state index contributed by atoms with van der Waals surface area (Å²) in [5.41, 5.74) is 7.26. The highest BCUT2D eigenvalue weighted by Gasteiger charge is 2.13. The molecule has 0 heterocycles. The van der Waals surface area contributed by atoms with E-state index < -0.39 is 0 Å². The molecule has 0 aromatic heterocycles. The molecule has 0 saturated heterocycles. The van der Waals surface area contributed by atoms with Crippen molar-refractivity contribution in [3.63, 3.8) is 0 Å². The maximum atomic E-state index is 12.0. The van der Waals surface area contributed by atoms with E-state index in [2.05, 4.69) is 5.32 Å². The molecule has 0 unspecified atom stereocenters. The number of benzene rings is 1. The van der Waals surface area contributed by atoms with Gasteiger partial charge >= 0.3 is 6.03 Å². The van der Waals surface area contributed by atoms with Gasteiger partial charge in [0.2, 0.25) is 0 Å². The molecule has 1 aromatic carbocycles. The van der Waals surface area contributed by atoms with E-state index in [4.69, 9.17) is 5.73 Å². The Hall–Kier alpha value is -1.71. The van der Waals surface area contributed by atoms with Crippen LogP contribution in [0.2, 0.25) is 0 Å². The molecule has 0 spiro atoms. The van der Waals surface area contributed by atoms with Crippen molar-refractivity contribution in [1.82, 2.24) is 5.32 Å². The Labute approximate surface area is 103 Å². The summed E-state index contributed by atoms with van der Waals surface area (Å²) in [6.07, 6.45) is 1.84. The van der Waals surface area contributed by atoms with Gasteiger partial charge in [-0.1, -0.05) is 19.9 Å². The summed E-state index contributed by atoms with van der Waals surface area (Å²) in [7, 11) is 0. The van der Waals surface area contributed by atoms with Crippen molar-refractivity contribution in [1.29, 1.82) is 0 Å². The van der Waals surface area contributed by atoms with Gasteiger partial charge in [-0.05, 0) is 31.0 Å². The maximum absolute atomic E-state index is 12.0. The highest BCUT2D eigenvalue weighted by atomic mass is 16.2. The summed E-state index contributed by atoms with van der Waals surface area (Å²) >= 11 is 0.